The van der Waals surface area contributed by atoms with Crippen molar-refractivity contribution in [3.8, 4) is 0 Å². The van der Waals surface area contributed by atoms with Gasteiger partial charge in [-0.1, -0.05) is 41.7 Å². The second-order valence-electron chi connectivity index (χ2n) is 5.99. The summed E-state index contributed by atoms with van der Waals surface area (Å²) >= 11 is 4.55. The number of ether oxygens (including phenoxy) is 1. The van der Waals surface area contributed by atoms with Crippen LogP contribution in [0.4, 0.5) is 9.18 Å². The molecule has 1 aromatic carbocycles. The van der Waals surface area contributed by atoms with E-state index in [9.17, 15) is 9.18 Å². The van der Waals surface area contributed by atoms with E-state index in [1.165, 1.54) is 0 Å². The van der Waals surface area contributed by atoms with Crippen LogP contribution in [0.25, 0.3) is 0 Å². The number of nitrogens with zero attached hydrogens (tertiary/aromatic N) is 1. The van der Waals surface area contributed by atoms with Crippen molar-refractivity contribution in [2.45, 2.75) is 32.3 Å². The highest BCUT2D eigenvalue weighted by molar-refractivity contribution is 9.11. The van der Waals surface area contributed by atoms with Gasteiger partial charge < -0.3 is 9.64 Å². The van der Waals surface area contributed by atoms with Gasteiger partial charge in [0.25, 0.3) is 0 Å². The summed E-state index contributed by atoms with van der Waals surface area (Å²) in [6.07, 6.45) is 1.24. The molecule has 2 aromatic rings. The Bertz CT molecular complexity index is 711. The highest BCUT2D eigenvalue weighted by Crippen LogP contribution is 2.39. The standard InChI is InChI=1S/C18H19BrFNO2S/c1-12-15(17(20)24-16(12)19)14-7-9-21(10-8-14)18(22)23-11-13-5-3-2-4-6-13/h2-6,14H,7-11H2,1H3. The molecule has 0 N–H and O–H groups in total. The summed E-state index contributed by atoms with van der Waals surface area (Å²) in [5, 5.41) is -0.107. The Kier molecular flexibility index (Phi) is 5.56. The van der Waals surface area contributed by atoms with Gasteiger partial charge in [-0.25, -0.2) is 4.79 Å². The van der Waals surface area contributed by atoms with E-state index in [0.29, 0.717) is 13.1 Å². The Morgan fingerprint density at radius 1 is 1.33 bits per heavy atom. The Labute approximate surface area is 153 Å². The summed E-state index contributed by atoms with van der Waals surface area (Å²) in [6.45, 7) is 3.43. The predicted octanol–water partition coefficient (Wildman–Crippen LogP) is 5.47. The van der Waals surface area contributed by atoms with Gasteiger partial charge >= 0.3 is 6.09 Å². The van der Waals surface area contributed by atoms with Crippen LogP contribution in [0.1, 0.15) is 35.4 Å². The van der Waals surface area contributed by atoms with Crippen LogP contribution >= 0.6 is 27.3 Å². The third-order valence-corrected chi connectivity index (χ3v) is 6.42. The number of thiophene rings is 1. The van der Waals surface area contributed by atoms with Crippen molar-refractivity contribution in [2.24, 2.45) is 0 Å². The summed E-state index contributed by atoms with van der Waals surface area (Å²) in [5.74, 6) is 0.172. The predicted molar refractivity (Wildman–Crippen MR) is 96.9 cm³/mol. The summed E-state index contributed by atoms with van der Waals surface area (Å²) in [5.41, 5.74) is 2.77. The first-order chi connectivity index (χ1) is 11.6. The fourth-order valence-electron chi connectivity index (χ4n) is 3.09. The zero-order valence-electron chi connectivity index (χ0n) is 13.4. The number of carbonyl (C=O) groups excluding carboxylic acids is 1. The minimum absolute atomic E-state index is 0.107. The van der Waals surface area contributed by atoms with Crippen molar-refractivity contribution in [2.75, 3.05) is 13.1 Å². The third-order valence-electron chi connectivity index (χ3n) is 4.46. The van der Waals surface area contributed by atoms with Crippen LogP contribution < -0.4 is 0 Å². The number of carbonyl (C=O) groups is 1. The van der Waals surface area contributed by atoms with Gasteiger partial charge in [0.1, 0.15) is 6.61 Å². The van der Waals surface area contributed by atoms with E-state index in [1.54, 1.807) is 4.90 Å². The molecule has 0 bridgehead atoms. The molecule has 0 unspecified atom stereocenters. The maximum atomic E-state index is 14.1. The van der Waals surface area contributed by atoms with Gasteiger partial charge in [-0.15, -0.1) is 0 Å². The average Bonchev–Trinajstić information content (AvgIpc) is 2.86. The summed E-state index contributed by atoms with van der Waals surface area (Å²) in [6, 6.07) is 9.63. The van der Waals surface area contributed by atoms with E-state index < -0.39 is 0 Å². The molecule has 6 heteroatoms. The van der Waals surface area contributed by atoms with Gasteiger partial charge in [-0.3, -0.25) is 0 Å². The Hall–Kier alpha value is -1.40. The van der Waals surface area contributed by atoms with Crippen molar-refractivity contribution in [3.05, 3.63) is 55.9 Å². The lowest BCUT2D eigenvalue weighted by molar-refractivity contribution is 0.0869. The summed E-state index contributed by atoms with van der Waals surface area (Å²) in [7, 11) is 0. The Balaban J connectivity index is 1.54. The van der Waals surface area contributed by atoms with E-state index in [-0.39, 0.29) is 23.7 Å². The minimum Gasteiger partial charge on any atom is -0.445 e. The zero-order chi connectivity index (χ0) is 17.1. The molecule has 1 aromatic heterocycles. The highest BCUT2D eigenvalue weighted by Gasteiger charge is 2.29. The Morgan fingerprint density at radius 2 is 2.00 bits per heavy atom. The van der Waals surface area contributed by atoms with E-state index in [4.69, 9.17) is 4.74 Å². The first kappa shape index (κ1) is 17.4. The molecule has 24 heavy (non-hydrogen) atoms. The lowest BCUT2D eigenvalue weighted by Gasteiger charge is -2.31. The van der Waals surface area contributed by atoms with Gasteiger partial charge in [0, 0.05) is 18.7 Å². The quantitative estimate of drug-likeness (QED) is 0.669. The van der Waals surface area contributed by atoms with Crippen molar-refractivity contribution >= 4 is 33.4 Å². The smallest absolute Gasteiger partial charge is 0.410 e. The third kappa shape index (κ3) is 3.81. The molecule has 1 saturated heterocycles. The number of halogens is 2. The van der Waals surface area contributed by atoms with Crippen LogP contribution in [-0.2, 0) is 11.3 Å². The number of hydrogen-bond donors (Lipinski definition) is 0. The van der Waals surface area contributed by atoms with Crippen molar-refractivity contribution in [3.63, 3.8) is 0 Å². The van der Waals surface area contributed by atoms with E-state index in [1.807, 2.05) is 37.3 Å². The highest BCUT2D eigenvalue weighted by atomic mass is 79.9. The molecule has 2 heterocycles. The number of hydrogen-bond acceptors (Lipinski definition) is 3. The molecule has 0 saturated carbocycles. The Morgan fingerprint density at radius 3 is 2.58 bits per heavy atom. The molecule has 0 spiro atoms. The number of amides is 1. The number of rotatable bonds is 3. The SMILES string of the molecule is Cc1c(Br)sc(F)c1C1CCN(C(=O)OCc2ccccc2)CC1. The van der Waals surface area contributed by atoms with E-state index >= 15 is 0 Å². The molecule has 3 nitrogen and oxygen atoms in total. The molecule has 0 atom stereocenters. The molecule has 3 rings (SSSR count). The lowest BCUT2D eigenvalue weighted by atomic mass is 9.89. The minimum atomic E-state index is -0.291. The van der Waals surface area contributed by atoms with Gasteiger partial charge in [0.2, 0.25) is 0 Å². The first-order valence-corrected chi connectivity index (χ1v) is 9.57. The van der Waals surface area contributed by atoms with Crippen molar-refractivity contribution in [1.29, 1.82) is 0 Å². The summed E-state index contributed by atoms with van der Waals surface area (Å²) in [4.78, 5) is 13.9. The maximum absolute atomic E-state index is 14.1. The molecular weight excluding hydrogens is 393 g/mol. The van der Waals surface area contributed by atoms with Gasteiger partial charge in [0.15, 0.2) is 5.13 Å². The van der Waals surface area contributed by atoms with Crippen LogP contribution in [0.3, 0.4) is 0 Å². The molecule has 1 amide bonds. The number of benzene rings is 1. The van der Waals surface area contributed by atoms with Crippen LogP contribution in [0.5, 0.6) is 0 Å². The lowest BCUT2D eigenvalue weighted by Crippen LogP contribution is -2.38. The zero-order valence-corrected chi connectivity index (χ0v) is 15.8. The van der Waals surface area contributed by atoms with E-state index in [0.717, 1.165) is 44.7 Å². The molecule has 1 fully saturated rings. The van der Waals surface area contributed by atoms with Crippen LogP contribution in [0, 0.1) is 12.1 Å². The summed E-state index contributed by atoms with van der Waals surface area (Å²) < 4.78 is 20.3. The molecule has 1 aliphatic rings. The van der Waals surface area contributed by atoms with Gasteiger partial charge in [-0.2, -0.15) is 4.39 Å². The fourth-order valence-corrected chi connectivity index (χ4v) is 4.58. The maximum Gasteiger partial charge on any atom is 0.410 e. The fraction of sp³-hybridized carbons (Fsp3) is 0.389. The second-order valence-corrected chi connectivity index (χ2v) is 8.28. The van der Waals surface area contributed by atoms with Crippen LogP contribution in [0.2, 0.25) is 0 Å². The van der Waals surface area contributed by atoms with Crippen LogP contribution in [0.15, 0.2) is 34.1 Å². The van der Waals surface area contributed by atoms with Crippen LogP contribution in [-0.4, -0.2) is 24.1 Å². The monoisotopic (exact) mass is 411 g/mol. The number of piperidine rings is 1. The first-order valence-electron chi connectivity index (χ1n) is 7.96. The molecule has 1 aliphatic heterocycles. The van der Waals surface area contributed by atoms with Crippen molar-refractivity contribution in [1.82, 2.24) is 4.90 Å². The molecule has 128 valence electrons. The van der Waals surface area contributed by atoms with E-state index in [2.05, 4.69) is 15.9 Å². The molecular formula is C18H19BrFNO2S. The largest absolute Gasteiger partial charge is 0.445 e. The average molecular weight is 412 g/mol. The topological polar surface area (TPSA) is 29.5 Å². The molecule has 0 aliphatic carbocycles. The van der Waals surface area contributed by atoms with Gasteiger partial charge in [0.05, 0.1) is 3.79 Å². The normalized spacial score (nSPS) is 15.5. The molecule has 0 radical (unpaired) electrons. The number of likely N-dealkylation sites (tertiary alicyclic amines) is 1. The second kappa shape index (κ2) is 7.66. The van der Waals surface area contributed by atoms with Crippen molar-refractivity contribution < 1.29 is 13.9 Å². The van der Waals surface area contributed by atoms with Gasteiger partial charge in [-0.05, 0) is 52.7 Å².